The number of carbonyl (C=O) groups is 3. The van der Waals surface area contributed by atoms with E-state index in [-0.39, 0.29) is 25.0 Å². The zero-order valence-corrected chi connectivity index (χ0v) is 19.1. The molecule has 1 fully saturated rings. The molecule has 0 spiro atoms. The van der Waals surface area contributed by atoms with E-state index in [1.807, 2.05) is 40.6 Å². The molecule has 0 atom stereocenters. The van der Waals surface area contributed by atoms with Crippen LogP contribution in [0.4, 0.5) is 5.00 Å². The largest absolute Gasteiger partial charge is 0.462 e. The van der Waals surface area contributed by atoms with Crippen molar-refractivity contribution in [3.63, 3.8) is 0 Å². The lowest BCUT2D eigenvalue weighted by atomic mass is 10.0. The van der Waals surface area contributed by atoms with Crippen LogP contribution in [0.5, 0.6) is 0 Å². The summed E-state index contributed by atoms with van der Waals surface area (Å²) in [7, 11) is 0. The van der Waals surface area contributed by atoms with E-state index in [0.29, 0.717) is 42.5 Å². The zero-order chi connectivity index (χ0) is 23.2. The molecule has 2 aromatic heterocycles. The molecule has 0 unspecified atom stereocenters. The lowest BCUT2D eigenvalue weighted by molar-refractivity contribution is -0.117. The normalized spacial score (nSPS) is 14.2. The van der Waals surface area contributed by atoms with Gasteiger partial charge in [-0.1, -0.05) is 30.3 Å². The summed E-state index contributed by atoms with van der Waals surface area (Å²) in [5, 5.41) is 5.22. The molecular weight excluding hydrogens is 442 g/mol. The number of anilines is 1. The summed E-state index contributed by atoms with van der Waals surface area (Å²) in [5.41, 5.74) is 1.99. The van der Waals surface area contributed by atoms with E-state index >= 15 is 0 Å². The number of nitrogens with zero attached hydrogens (tertiary/aromatic N) is 2. The molecule has 2 amide bonds. The van der Waals surface area contributed by atoms with Crippen LogP contribution in [0, 0.1) is 0 Å². The number of furan rings is 1. The van der Waals surface area contributed by atoms with Crippen LogP contribution < -0.4 is 5.32 Å². The van der Waals surface area contributed by atoms with Crippen molar-refractivity contribution in [3.8, 4) is 11.1 Å². The van der Waals surface area contributed by atoms with Crippen LogP contribution in [-0.4, -0.2) is 66.9 Å². The highest BCUT2D eigenvalue weighted by molar-refractivity contribution is 7.15. The van der Waals surface area contributed by atoms with Crippen molar-refractivity contribution in [2.45, 2.75) is 6.92 Å². The first-order chi connectivity index (χ1) is 16.1. The summed E-state index contributed by atoms with van der Waals surface area (Å²) in [6, 6.07) is 12.9. The Hall–Kier alpha value is -3.43. The summed E-state index contributed by atoms with van der Waals surface area (Å²) in [6.07, 6.45) is 1.48. The third kappa shape index (κ3) is 5.32. The molecule has 3 aromatic rings. The fourth-order valence-electron chi connectivity index (χ4n) is 3.72. The first kappa shape index (κ1) is 22.8. The quantitative estimate of drug-likeness (QED) is 0.534. The topological polar surface area (TPSA) is 92.1 Å². The summed E-state index contributed by atoms with van der Waals surface area (Å²) in [5.74, 6) is -0.499. The van der Waals surface area contributed by atoms with Gasteiger partial charge in [-0.3, -0.25) is 14.5 Å². The molecule has 1 aliphatic rings. The number of rotatable bonds is 7. The Bertz CT molecular complexity index is 1100. The van der Waals surface area contributed by atoms with Gasteiger partial charge in [-0.25, -0.2) is 4.79 Å². The van der Waals surface area contributed by atoms with Crippen molar-refractivity contribution >= 4 is 34.1 Å². The summed E-state index contributed by atoms with van der Waals surface area (Å²) in [4.78, 5) is 41.5. The molecule has 33 heavy (non-hydrogen) atoms. The average Bonchev–Trinajstić information content (AvgIpc) is 3.50. The van der Waals surface area contributed by atoms with Crippen molar-refractivity contribution < 1.29 is 23.5 Å². The number of ether oxygens (including phenoxy) is 1. The second kappa shape index (κ2) is 10.5. The van der Waals surface area contributed by atoms with Gasteiger partial charge >= 0.3 is 5.97 Å². The zero-order valence-electron chi connectivity index (χ0n) is 18.3. The van der Waals surface area contributed by atoms with E-state index < -0.39 is 5.97 Å². The predicted octanol–water partition coefficient (Wildman–Crippen LogP) is 3.58. The molecule has 1 N–H and O–H groups in total. The van der Waals surface area contributed by atoms with E-state index in [4.69, 9.17) is 9.15 Å². The fourth-order valence-corrected chi connectivity index (χ4v) is 4.69. The van der Waals surface area contributed by atoms with E-state index in [2.05, 4.69) is 5.32 Å². The van der Waals surface area contributed by atoms with Gasteiger partial charge in [0.1, 0.15) is 10.6 Å². The highest BCUT2D eigenvalue weighted by Gasteiger charge is 2.26. The Kier molecular flexibility index (Phi) is 7.21. The summed E-state index contributed by atoms with van der Waals surface area (Å²) < 4.78 is 10.4. The van der Waals surface area contributed by atoms with Gasteiger partial charge in [0.05, 0.1) is 19.4 Å². The third-order valence-corrected chi connectivity index (χ3v) is 6.26. The molecule has 4 rings (SSSR count). The van der Waals surface area contributed by atoms with Crippen LogP contribution in [0.25, 0.3) is 11.1 Å². The van der Waals surface area contributed by atoms with Gasteiger partial charge in [0.15, 0.2) is 5.76 Å². The van der Waals surface area contributed by atoms with Gasteiger partial charge in [-0.05, 0) is 24.6 Å². The first-order valence-electron chi connectivity index (χ1n) is 10.8. The third-order valence-electron chi connectivity index (χ3n) is 5.37. The maximum atomic E-state index is 12.8. The molecule has 1 aliphatic heterocycles. The van der Waals surface area contributed by atoms with Gasteiger partial charge in [-0.2, -0.15) is 0 Å². The summed E-state index contributed by atoms with van der Waals surface area (Å²) in [6.45, 7) is 4.34. The molecule has 9 heteroatoms. The van der Waals surface area contributed by atoms with E-state index in [0.717, 1.165) is 11.1 Å². The van der Waals surface area contributed by atoms with Crippen LogP contribution >= 0.6 is 11.3 Å². The second-order valence-electron chi connectivity index (χ2n) is 7.53. The molecule has 0 bridgehead atoms. The Morgan fingerprint density at radius 2 is 1.82 bits per heavy atom. The van der Waals surface area contributed by atoms with Crippen molar-refractivity contribution in [1.82, 2.24) is 9.80 Å². The standard InChI is InChI=1S/C24H25N3O5S/c1-2-31-24(30)21-18(17-7-4-3-5-8-17)16-33-22(21)25-20(28)15-26-10-12-27(13-11-26)23(29)19-9-6-14-32-19/h3-9,14,16H,2,10-13,15H2,1H3,(H,25,28). The molecule has 3 heterocycles. The number of amides is 2. The Morgan fingerprint density at radius 3 is 2.48 bits per heavy atom. The van der Waals surface area contributed by atoms with Crippen molar-refractivity contribution in [2.24, 2.45) is 0 Å². The van der Waals surface area contributed by atoms with Crippen LogP contribution in [0.3, 0.4) is 0 Å². The number of benzene rings is 1. The predicted molar refractivity (Wildman–Crippen MR) is 125 cm³/mol. The number of hydrogen-bond donors (Lipinski definition) is 1. The van der Waals surface area contributed by atoms with Crippen LogP contribution in [0.1, 0.15) is 27.8 Å². The number of carbonyl (C=O) groups excluding carboxylic acids is 3. The monoisotopic (exact) mass is 467 g/mol. The highest BCUT2D eigenvalue weighted by atomic mass is 32.1. The molecule has 0 aliphatic carbocycles. The molecule has 1 saturated heterocycles. The Balaban J connectivity index is 1.39. The lowest BCUT2D eigenvalue weighted by Crippen LogP contribution is -2.50. The fraction of sp³-hybridized carbons (Fsp3) is 0.292. The smallest absolute Gasteiger partial charge is 0.341 e. The van der Waals surface area contributed by atoms with Gasteiger partial charge < -0.3 is 19.4 Å². The minimum Gasteiger partial charge on any atom is -0.462 e. The van der Waals surface area contributed by atoms with Crippen LogP contribution in [0.15, 0.2) is 58.5 Å². The number of nitrogens with one attached hydrogen (secondary N) is 1. The second-order valence-corrected chi connectivity index (χ2v) is 8.41. The maximum absolute atomic E-state index is 12.8. The molecule has 0 saturated carbocycles. The molecule has 8 nitrogen and oxygen atoms in total. The lowest BCUT2D eigenvalue weighted by Gasteiger charge is -2.33. The number of hydrogen-bond acceptors (Lipinski definition) is 7. The number of thiophene rings is 1. The van der Waals surface area contributed by atoms with E-state index in [9.17, 15) is 14.4 Å². The minimum atomic E-state index is -0.460. The van der Waals surface area contributed by atoms with Crippen molar-refractivity contribution in [3.05, 3.63) is 65.4 Å². The number of esters is 1. The van der Waals surface area contributed by atoms with Gasteiger partial charge in [-0.15, -0.1) is 11.3 Å². The van der Waals surface area contributed by atoms with Gasteiger partial charge in [0.2, 0.25) is 5.91 Å². The average molecular weight is 468 g/mol. The Labute approximate surface area is 195 Å². The van der Waals surface area contributed by atoms with Gasteiger partial charge in [0.25, 0.3) is 5.91 Å². The highest BCUT2D eigenvalue weighted by Crippen LogP contribution is 2.36. The maximum Gasteiger partial charge on any atom is 0.341 e. The SMILES string of the molecule is CCOC(=O)c1c(-c2ccccc2)csc1NC(=O)CN1CCN(C(=O)c2ccco2)CC1. The van der Waals surface area contributed by atoms with Crippen LogP contribution in [-0.2, 0) is 9.53 Å². The molecule has 1 aromatic carbocycles. The van der Waals surface area contributed by atoms with E-state index in [1.54, 1.807) is 24.0 Å². The number of piperazine rings is 1. The van der Waals surface area contributed by atoms with Crippen LogP contribution in [0.2, 0.25) is 0 Å². The first-order valence-corrected chi connectivity index (χ1v) is 11.6. The Morgan fingerprint density at radius 1 is 1.06 bits per heavy atom. The molecular formula is C24H25N3O5S. The van der Waals surface area contributed by atoms with Crippen molar-refractivity contribution in [1.29, 1.82) is 0 Å². The molecule has 172 valence electrons. The molecule has 0 radical (unpaired) electrons. The van der Waals surface area contributed by atoms with E-state index in [1.165, 1.54) is 17.6 Å². The summed E-state index contributed by atoms with van der Waals surface area (Å²) >= 11 is 1.30. The van der Waals surface area contributed by atoms with Gasteiger partial charge in [0, 0.05) is 37.1 Å². The van der Waals surface area contributed by atoms with Crippen molar-refractivity contribution in [2.75, 3.05) is 44.6 Å². The minimum absolute atomic E-state index is 0.143.